The lowest BCUT2D eigenvalue weighted by atomic mass is 9.87. The Kier molecular flexibility index (Phi) is 5.65. The quantitative estimate of drug-likeness (QED) is 0.671. The SMILES string of the molecule is COc1ccc(C(=O)Nc2nnc(-c3ccc(C(C)(C)C)cc3)s2)cc1OC. The molecule has 3 rings (SSSR count). The van der Waals surface area contributed by atoms with Gasteiger partial charge < -0.3 is 9.47 Å². The van der Waals surface area contributed by atoms with Gasteiger partial charge in [-0.15, -0.1) is 10.2 Å². The third-order valence-electron chi connectivity index (χ3n) is 4.29. The Morgan fingerprint density at radius 3 is 2.25 bits per heavy atom. The fourth-order valence-corrected chi connectivity index (χ4v) is 3.39. The van der Waals surface area contributed by atoms with Gasteiger partial charge in [0, 0.05) is 11.1 Å². The highest BCUT2D eigenvalue weighted by Gasteiger charge is 2.16. The van der Waals surface area contributed by atoms with Crippen LogP contribution in [0, 0.1) is 0 Å². The number of hydrogen-bond donors (Lipinski definition) is 1. The predicted molar refractivity (Wildman–Crippen MR) is 112 cm³/mol. The van der Waals surface area contributed by atoms with Crippen molar-refractivity contribution in [2.75, 3.05) is 19.5 Å². The van der Waals surface area contributed by atoms with Crippen molar-refractivity contribution in [2.24, 2.45) is 0 Å². The minimum Gasteiger partial charge on any atom is -0.493 e. The number of aromatic nitrogens is 2. The van der Waals surface area contributed by atoms with E-state index in [1.165, 1.54) is 24.0 Å². The smallest absolute Gasteiger partial charge is 0.257 e. The maximum Gasteiger partial charge on any atom is 0.257 e. The second kappa shape index (κ2) is 7.98. The topological polar surface area (TPSA) is 73.3 Å². The van der Waals surface area contributed by atoms with E-state index < -0.39 is 0 Å². The summed E-state index contributed by atoms with van der Waals surface area (Å²) in [4.78, 5) is 12.5. The molecule has 0 saturated heterocycles. The summed E-state index contributed by atoms with van der Waals surface area (Å²) >= 11 is 1.33. The first kappa shape index (κ1) is 19.8. The van der Waals surface area contributed by atoms with Crippen LogP contribution in [-0.4, -0.2) is 30.3 Å². The molecule has 0 spiro atoms. The molecule has 0 saturated carbocycles. The van der Waals surface area contributed by atoms with Crippen molar-refractivity contribution >= 4 is 22.4 Å². The van der Waals surface area contributed by atoms with Crippen LogP contribution in [0.25, 0.3) is 10.6 Å². The molecule has 0 bridgehead atoms. The van der Waals surface area contributed by atoms with Crippen LogP contribution in [0.4, 0.5) is 5.13 Å². The Morgan fingerprint density at radius 1 is 0.964 bits per heavy atom. The van der Waals surface area contributed by atoms with Crippen LogP contribution in [0.5, 0.6) is 11.5 Å². The number of methoxy groups -OCH3 is 2. The van der Waals surface area contributed by atoms with Gasteiger partial charge >= 0.3 is 0 Å². The summed E-state index contributed by atoms with van der Waals surface area (Å²) in [6.07, 6.45) is 0. The lowest BCUT2D eigenvalue weighted by Crippen LogP contribution is -2.11. The van der Waals surface area contributed by atoms with Crippen molar-refractivity contribution in [3.8, 4) is 22.1 Å². The average Bonchev–Trinajstić information content (AvgIpc) is 3.15. The van der Waals surface area contributed by atoms with Gasteiger partial charge in [0.1, 0.15) is 5.01 Å². The van der Waals surface area contributed by atoms with Gasteiger partial charge in [-0.1, -0.05) is 56.4 Å². The number of carbonyl (C=O) groups is 1. The highest BCUT2D eigenvalue weighted by atomic mass is 32.1. The molecule has 0 aliphatic carbocycles. The van der Waals surface area contributed by atoms with Crippen LogP contribution >= 0.6 is 11.3 Å². The Bertz CT molecular complexity index is 975. The summed E-state index contributed by atoms with van der Waals surface area (Å²) in [6.45, 7) is 6.53. The van der Waals surface area contributed by atoms with Crippen molar-refractivity contribution in [1.82, 2.24) is 10.2 Å². The van der Waals surface area contributed by atoms with Crippen LogP contribution in [0.2, 0.25) is 0 Å². The fourth-order valence-electron chi connectivity index (χ4n) is 2.65. The Hall–Kier alpha value is -2.93. The minimum absolute atomic E-state index is 0.0955. The Labute approximate surface area is 168 Å². The van der Waals surface area contributed by atoms with E-state index in [-0.39, 0.29) is 11.3 Å². The zero-order valence-electron chi connectivity index (χ0n) is 16.6. The van der Waals surface area contributed by atoms with E-state index in [1.54, 1.807) is 25.3 Å². The van der Waals surface area contributed by atoms with Gasteiger partial charge in [0.2, 0.25) is 5.13 Å². The predicted octanol–water partition coefficient (Wildman–Crippen LogP) is 4.77. The lowest BCUT2D eigenvalue weighted by molar-refractivity contribution is 0.102. The number of rotatable bonds is 5. The third-order valence-corrected chi connectivity index (χ3v) is 5.18. The van der Waals surface area contributed by atoms with Crippen LogP contribution in [-0.2, 0) is 5.41 Å². The van der Waals surface area contributed by atoms with Crippen LogP contribution < -0.4 is 14.8 Å². The number of nitrogens with one attached hydrogen (secondary N) is 1. The molecular weight excluding hydrogens is 374 g/mol. The Balaban J connectivity index is 1.75. The van der Waals surface area contributed by atoms with Gasteiger partial charge in [-0.2, -0.15) is 0 Å². The standard InChI is InChI=1S/C21H23N3O3S/c1-21(2,3)15-9-6-13(7-10-15)19-23-24-20(28-19)22-18(25)14-8-11-16(26-4)17(12-14)27-5/h6-12H,1-5H3,(H,22,24,25). The summed E-state index contributed by atoms with van der Waals surface area (Å²) in [5, 5.41) is 12.3. The second-order valence-corrected chi connectivity index (χ2v) is 8.24. The number of amides is 1. The molecule has 0 atom stereocenters. The highest BCUT2D eigenvalue weighted by molar-refractivity contribution is 7.18. The van der Waals surface area contributed by atoms with Gasteiger partial charge in [-0.3, -0.25) is 10.1 Å². The van der Waals surface area contributed by atoms with Gasteiger partial charge in [0.05, 0.1) is 14.2 Å². The summed E-state index contributed by atoms with van der Waals surface area (Å²) in [7, 11) is 3.08. The number of nitrogens with zero attached hydrogens (tertiary/aromatic N) is 2. The molecule has 0 aliphatic heterocycles. The molecule has 2 aromatic carbocycles. The molecule has 0 unspecified atom stereocenters. The molecule has 1 aromatic heterocycles. The molecule has 0 radical (unpaired) electrons. The average molecular weight is 398 g/mol. The normalized spacial score (nSPS) is 11.2. The summed E-state index contributed by atoms with van der Waals surface area (Å²) in [6, 6.07) is 13.2. The number of ether oxygens (including phenoxy) is 2. The van der Waals surface area contributed by atoms with Gasteiger partial charge in [-0.05, 0) is 29.2 Å². The first-order valence-corrected chi connectivity index (χ1v) is 9.61. The number of anilines is 1. The molecule has 1 amide bonds. The maximum atomic E-state index is 12.5. The maximum absolute atomic E-state index is 12.5. The van der Waals surface area contributed by atoms with Crippen molar-refractivity contribution in [3.63, 3.8) is 0 Å². The second-order valence-electron chi connectivity index (χ2n) is 7.26. The fraction of sp³-hybridized carbons (Fsp3) is 0.286. The molecule has 0 fully saturated rings. The Morgan fingerprint density at radius 2 is 1.64 bits per heavy atom. The van der Waals surface area contributed by atoms with Crippen LogP contribution in [0.15, 0.2) is 42.5 Å². The third kappa shape index (κ3) is 4.31. The minimum atomic E-state index is -0.285. The first-order chi connectivity index (χ1) is 13.3. The van der Waals surface area contributed by atoms with E-state index in [9.17, 15) is 4.79 Å². The number of carbonyl (C=O) groups excluding carboxylic acids is 1. The van der Waals surface area contributed by atoms with E-state index in [0.29, 0.717) is 22.2 Å². The first-order valence-electron chi connectivity index (χ1n) is 8.79. The van der Waals surface area contributed by atoms with Crippen LogP contribution in [0.3, 0.4) is 0 Å². The summed E-state index contributed by atoms with van der Waals surface area (Å²) in [5.74, 6) is 0.773. The molecular formula is C21H23N3O3S. The monoisotopic (exact) mass is 397 g/mol. The van der Waals surface area contributed by atoms with Gasteiger partial charge in [-0.25, -0.2) is 0 Å². The lowest BCUT2D eigenvalue weighted by Gasteiger charge is -2.18. The van der Waals surface area contributed by atoms with E-state index >= 15 is 0 Å². The molecule has 0 aliphatic rings. The van der Waals surface area contributed by atoms with Crippen molar-refractivity contribution in [1.29, 1.82) is 0 Å². The van der Waals surface area contributed by atoms with Crippen molar-refractivity contribution in [3.05, 3.63) is 53.6 Å². The van der Waals surface area contributed by atoms with Crippen molar-refractivity contribution < 1.29 is 14.3 Å². The molecule has 1 heterocycles. The summed E-state index contributed by atoms with van der Waals surface area (Å²) < 4.78 is 10.4. The largest absolute Gasteiger partial charge is 0.493 e. The van der Waals surface area contributed by atoms with E-state index in [1.807, 2.05) is 12.1 Å². The van der Waals surface area contributed by atoms with Gasteiger partial charge in [0.25, 0.3) is 5.91 Å². The zero-order valence-corrected chi connectivity index (χ0v) is 17.4. The highest BCUT2D eigenvalue weighted by Crippen LogP contribution is 2.31. The van der Waals surface area contributed by atoms with Crippen molar-refractivity contribution in [2.45, 2.75) is 26.2 Å². The van der Waals surface area contributed by atoms with Crippen LogP contribution in [0.1, 0.15) is 36.7 Å². The van der Waals surface area contributed by atoms with E-state index in [2.05, 4.69) is 48.4 Å². The number of hydrogen-bond acceptors (Lipinski definition) is 6. The molecule has 146 valence electrons. The molecule has 28 heavy (non-hydrogen) atoms. The zero-order chi connectivity index (χ0) is 20.3. The van der Waals surface area contributed by atoms with Gasteiger partial charge in [0.15, 0.2) is 11.5 Å². The van der Waals surface area contributed by atoms with E-state index in [4.69, 9.17) is 9.47 Å². The summed E-state index contributed by atoms with van der Waals surface area (Å²) in [5.41, 5.74) is 2.77. The van der Waals surface area contributed by atoms with E-state index in [0.717, 1.165) is 10.6 Å². The number of benzene rings is 2. The molecule has 6 nitrogen and oxygen atoms in total. The molecule has 7 heteroatoms. The molecule has 3 aromatic rings. The molecule has 1 N–H and O–H groups in total.